The molecule has 172 valence electrons. The van der Waals surface area contributed by atoms with Gasteiger partial charge in [-0.05, 0) is 42.0 Å². The summed E-state index contributed by atoms with van der Waals surface area (Å²) in [6, 6.07) is 10.9. The zero-order valence-electron chi connectivity index (χ0n) is 17.8. The number of benzene rings is 2. The molecule has 3 aromatic rings. The zero-order valence-corrected chi connectivity index (χ0v) is 17.8. The van der Waals surface area contributed by atoms with Crippen LogP contribution in [0.4, 0.5) is 10.1 Å². The molecule has 34 heavy (non-hydrogen) atoms. The first kappa shape index (κ1) is 21.5. The second-order valence-electron chi connectivity index (χ2n) is 7.78. The van der Waals surface area contributed by atoms with Crippen LogP contribution in [0.1, 0.15) is 32.6 Å². The van der Waals surface area contributed by atoms with Crippen molar-refractivity contribution >= 4 is 23.2 Å². The number of oxime groups is 1. The van der Waals surface area contributed by atoms with E-state index in [4.69, 9.17) is 9.47 Å². The van der Waals surface area contributed by atoms with Crippen molar-refractivity contribution in [3.05, 3.63) is 88.5 Å². The lowest BCUT2D eigenvalue weighted by Gasteiger charge is -2.24. The van der Waals surface area contributed by atoms with Crippen LogP contribution in [0.2, 0.25) is 0 Å². The van der Waals surface area contributed by atoms with Gasteiger partial charge in [0.25, 0.3) is 11.8 Å². The molecule has 0 unspecified atom stereocenters. The molecular formula is C24H19FN4O5. The van der Waals surface area contributed by atoms with Crippen LogP contribution in [-0.2, 0) is 29.2 Å². The van der Waals surface area contributed by atoms with Gasteiger partial charge in [0, 0.05) is 41.2 Å². The maximum atomic E-state index is 14.2. The Morgan fingerprint density at radius 2 is 2.15 bits per heavy atom. The number of pyridine rings is 1. The number of halogens is 1. The second-order valence-corrected chi connectivity index (χ2v) is 7.78. The fourth-order valence-electron chi connectivity index (χ4n) is 4.03. The topological polar surface area (TPSA) is 113 Å². The van der Waals surface area contributed by atoms with Gasteiger partial charge in [-0.2, -0.15) is 0 Å². The smallest absolute Gasteiger partial charge is 0.281 e. The lowest BCUT2D eigenvalue weighted by molar-refractivity contribution is -0.112. The van der Waals surface area contributed by atoms with E-state index in [0.717, 1.165) is 5.56 Å². The van der Waals surface area contributed by atoms with Crippen LogP contribution in [0, 0.1) is 5.82 Å². The van der Waals surface area contributed by atoms with Gasteiger partial charge in [-0.1, -0.05) is 11.2 Å². The van der Waals surface area contributed by atoms with Crippen molar-refractivity contribution in [3.63, 3.8) is 0 Å². The Labute approximate surface area is 193 Å². The number of nitrogens with zero attached hydrogens (tertiary/aromatic N) is 3. The van der Waals surface area contributed by atoms with Crippen molar-refractivity contribution in [2.45, 2.75) is 19.7 Å². The van der Waals surface area contributed by atoms with Crippen LogP contribution in [0.3, 0.4) is 0 Å². The molecule has 2 aliphatic heterocycles. The van der Waals surface area contributed by atoms with Gasteiger partial charge in [-0.25, -0.2) is 4.39 Å². The van der Waals surface area contributed by atoms with E-state index in [1.807, 2.05) is 6.07 Å². The lowest BCUT2D eigenvalue weighted by atomic mass is 10.1. The molecule has 1 aromatic heterocycles. The van der Waals surface area contributed by atoms with Crippen LogP contribution in [-0.4, -0.2) is 34.5 Å². The number of ether oxygens (including phenoxy) is 2. The van der Waals surface area contributed by atoms with Crippen LogP contribution >= 0.6 is 0 Å². The molecule has 2 aromatic carbocycles. The molecular weight excluding hydrogens is 443 g/mol. The van der Waals surface area contributed by atoms with Gasteiger partial charge in [0.05, 0.1) is 18.8 Å². The first-order chi connectivity index (χ1) is 16.5. The fourth-order valence-corrected chi connectivity index (χ4v) is 4.03. The summed E-state index contributed by atoms with van der Waals surface area (Å²) in [5.41, 5.74) is 2.69. The number of carbonyl (C=O) groups is 2. The first-order valence-electron chi connectivity index (χ1n) is 10.4. The largest absolute Gasteiger partial charge is 0.467 e. The van der Waals surface area contributed by atoms with E-state index in [9.17, 15) is 19.2 Å². The van der Waals surface area contributed by atoms with E-state index in [2.05, 4.69) is 15.5 Å². The van der Waals surface area contributed by atoms with Crippen LogP contribution in [0.5, 0.6) is 5.75 Å². The van der Waals surface area contributed by atoms with Crippen LogP contribution < -0.4 is 15.0 Å². The Hall–Kier alpha value is -4.31. The quantitative estimate of drug-likeness (QED) is 0.445. The predicted molar refractivity (Wildman–Crippen MR) is 118 cm³/mol. The van der Waals surface area contributed by atoms with Crippen LogP contribution in [0.25, 0.3) is 0 Å². The lowest BCUT2D eigenvalue weighted by Crippen LogP contribution is -2.30. The van der Waals surface area contributed by atoms with Crippen molar-refractivity contribution in [1.29, 1.82) is 0 Å². The summed E-state index contributed by atoms with van der Waals surface area (Å²) in [5.74, 6) is -0.969. The average Bonchev–Trinajstić information content (AvgIpc) is 3.12. The summed E-state index contributed by atoms with van der Waals surface area (Å²) in [6.07, 6.45) is 3.30. The van der Waals surface area contributed by atoms with E-state index in [-0.39, 0.29) is 38.1 Å². The molecule has 2 N–H and O–H groups in total. The summed E-state index contributed by atoms with van der Waals surface area (Å²) < 4.78 is 25.0. The van der Waals surface area contributed by atoms with E-state index < -0.39 is 11.7 Å². The number of nitrogens with one attached hydrogen (secondary N) is 1. The summed E-state index contributed by atoms with van der Waals surface area (Å²) in [7, 11) is 0. The standard InChI is InChI=1S/C24H19FN4O5/c25-18-6-16(22-17(7-18)12-33-13-34-22)11-29-20-8-15(3-4-19(20)21(28-32)24(29)31)23(30)27-10-14-2-1-5-26-9-14/h1-9,32H,10-13H2,(H,27,30)/b28-21-. The van der Waals surface area contributed by atoms with Crippen molar-refractivity contribution in [3.8, 4) is 5.75 Å². The predicted octanol–water partition coefficient (Wildman–Crippen LogP) is 2.74. The van der Waals surface area contributed by atoms with Gasteiger partial charge in [0.2, 0.25) is 0 Å². The van der Waals surface area contributed by atoms with Crippen molar-refractivity contribution in [2.75, 3.05) is 11.7 Å². The van der Waals surface area contributed by atoms with Gasteiger partial charge < -0.3 is 24.9 Å². The monoisotopic (exact) mass is 462 g/mol. The Balaban J connectivity index is 1.45. The van der Waals surface area contributed by atoms with E-state index in [0.29, 0.717) is 33.7 Å². The minimum atomic E-state index is -0.574. The number of aromatic nitrogens is 1. The Morgan fingerprint density at radius 3 is 2.94 bits per heavy atom. The molecule has 2 amide bonds. The number of fused-ring (bicyclic) bond motifs is 2. The normalized spacial score (nSPS) is 15.6. The van der Waals surface area contributed by atoms with E-state index in [1.54, 1.807) is 36.7 Å². The number of hydrogen-bond acceptors (Lipinski definition) is 7. The molecule has 0 spiro atoms. The van der Waals surface area contributed by atoms with Gasteiger partial charge in [0.1, 0.15) is 11.6 Å². The SMILES string of the molecule is O=C(NCc1cccnc1)c1ccc2c(c1)N(Cc1cc(F)cc3c1OCOC3)C(=O)/C2=N\O. The zero-order chi connectivity index (χ0) is 23.7. The van der Waals surface area contributed by atoms with Crippen LogP contribution in [0.15, 0.2) is 60.0 Å². The molecule has 0 fully saturated rings. The molecule has 0 atom stereocenters. The number of anilines is 1. The highest BCUT2D eigenvalue weighted by Crippen LogP contribution is 2.36. The van der Waals surface area contributed by atoms with E-state index >= 15 is 0 Å². The minimum absolute atomic E-state index is 0.0147. The highest BCUT2D eigenvalue weighted by atomic mass is 19.1. The van der Waals surface area contributed by atoms with Crippen molar-refractivity contribution < 1.29 is 28.7 Å². The molecule has 3 heterocycles. The maximum Gasteiger partial charge on any atom is 0.281 e. The third kappa shape index (κ3) is 3.95. The molecule has 0 saturated carbocycles. The molecule has 0 radical (unpaired) electrons. The van der Waals surface area contributed by atoms with Crippen molar-refractivity contribution in [2.24, 2.45) is 5.16 Å². The molecule has 0 aliphatic carbocycles. The van der Waals surface area contributed by atoms with Gasteiger partial charge in [-0.3, -0.25) is 14.6 Å². The second kappa shape index (κ2) is 8.91. The summed E-state index contributed by atoms with van der Waals surface area (Å²) in [5, 5.41) is 15.4. The minimum Gasteiger partial charge on any atom is -0.467 e. The Kier molecular flexibility index (Phi) is 5.64. The van der Waals surface area contributed by atoms with Gasteiger partial charge in [-0.15, -0.1) is 0 Å². The highest BCUT2D eigenvalue weighted by molar-refractivity contribution is 6.54. The first-order valence-corrected chi connectivity index (χ1v) is 10.4. The Bertz CT molecular complexity index is 1310. The van der Waals surface area contributed by atoms with Crippen molar-refractivity contribution in [1.82, 2.24) is 10.3 Å². The van der Waals surface area contributed by atoms with Gasteiger partial charge in [0.15, 0.2) is 12.5 Å². The molecule has 10 heteroatoms. The summed E-state index contributed by atoms with van der Waals surface area (Å²) >= 11 is 0. The molecule has 2 aliphatic rings. The Morgan fingerprint density at radius 1 is 1.26 bits per heavy atom. The highest BCUT2D eigenvalue weighted by Gasteiger charge is 2.36. The molecule has 9 nitrogen and oxygen atoms in total. The number of carbonyl (C=O) groups excluding carboxylic acids is 2. The maximum absolute atomic E-state index is 14.2. The summed E-state index contributed by atoms with van der Waals surface area (Å²) in [4.78, 5) is 31.1. The van der Waals surface area contributed by atoms with Gasteiger partial charge >= 0.3 is 0 Å². The van der Waals surface area contributed by atoms with E-state index in [1.165, 1.54) is 17.0 Å². The molecule has 0 saturated heterocycles. The number of hydrogen-bond donors (Lipinski definition) is 2. The average molecular weight is 462 g/mol. The fraction of sp³-hybridized carbons (Fsp3) is 0.167. The molecule has 5 rings (SSSR count). The molecule has 0 bridgehead atoms. The third-order valence-electron chi connectivity index (χ3n) is 5.61. The number of rotatable bonds is 5. The number of amides is 2. The summed E-state index contributed by atoms with van der Waals surface area (Å²) in [6.45, 7) is 0.437. The third-order valence-corrected chi connectivity index (χ3v) is 5.61.